The molecule has 2 saturated heterocycles. The minimum atomic E-state index is -1.78. The van der Waals surface area contributed by atoms with E-state index < -0.39 is 40.7 Å². The Morgan fingerprint density at radius 3 is 2.48 bits per heavy atom. The minimum absolute atomic E-state index is 0.0288. The lowest BCUT2D eigenvalue weighted by Crippen LogP contribution is -2.54. The molecule has 2 unspecified atom stereocenters. The summed E-state index contributed by atoms with van der Waals surface area (Å²) in [7, 11) is 0. The van der Waals surface area contributed by atoms with Gasteiger partial charge in [-0.2, -0.15) is 5.10 Å². The van der Waals surface area contributed by atoms with Crippen LogP contribution in [0.5, 0.6) is 0 Å². The Morgan fingerprint density at radius 1 is 1.11 bits per heavy atom. The molecule has 1 N–H and O–H groups in total. The zero-order valence-electron chi connectivity index (χ0n) is 24.2. The SMILES string of the molecule is CCc1ccc(C=C2SC(=O)N(C(C)OC(=O)N3CCN(CC(O)(Cn4cncn4)c4ccc(F)cc4F)CC3)C2=O)cc1. The lowest BCUT2D eigenvalue weighted by molar-refractivity contribution is -0.129. The van der Waals surface area contributed by atoms with Crippen LogP contribution < -0.4 is 0 Å². The molecule has 44 heavy (non-hydrogen) atoms. The maximum Gasteiger partial charge on any atom is 0.411 e. The van der Waals surface area contributed by atoms with Crippen LogP contribution in [-0.4, -0.2) is 90.8 Å². The van der Waals surface area contributed by atoms with Crippen LogP contribution in [0.2, 0.25) is 0 Å². The molecular weight excluding hydrogens is 594 g/mol. The molecule has 14 heteroatoms. The third kappa shape index (κ3) is 6.98. The van der Waals surface area contributed by atoms with Gasteiger partial charge in [0.05, 0.1) is 11.4 Å². The topological polar surface area (TPSA) is 121 Å². The van der Waals surface area contributed by atoms with E-state index in [-0.39, 0.29) is 36.6 Å². The zero-order chi connectivity index (χ0) is 31.4. The number of hydrogen-bond acceptors (Lipinski definition) is 9. The van der Waals surface area contributed by atoms with E-state index >= 15 is 0 Å². The number of aryl methyl sites for hydroxylation is 1. The monoisotopic (exact) mass is 626 g/mol. The van der Waals surface area contributed by atoms with Gasteiger partial charge in [0, 0.05) is 44.4 Å². The van der Waals surface area contributed by atoms with Gasteiger partial charge < -0.3 is 14.7 Å². The van der Waals surface area contributed by atoms with Crippen molar-refractivity contribution in [3.63, 3.8) is 0 Å². The summed E-state index contributed by atoms with van der Waals surface area (Å²) in [4.78, 5) is 47.0. The lowest BCUT2D eigenvalue weighted by Gasteiger charge is -2.39. The van der Waals surface area contributed by atoms with Crippen molar-refractivity contribution in [2.24, 2.45) is 0 Å². The standard InChI is InChI=1S/C30H32F2N6O5S/c1-3-21-4-6-22(7-5-21)14-26-27(39)38(29(41)44-26)20(2)43-28(40)36-12-10-35(11-13-36)16-30(42,17-37-19-33-18-34-37)24-9-8-23(31)15-25(24)32/h4-9,14-15,18-20,42H,3,10-13,16-17H2,1-2H3. The Hall–Kier alpha value is -4.14. The van der Waals surface area contributed by atoms with Crippen LogP contribution in [-0.2, 0) is 28.1 Å². The summed E-state index contributed by atoms with van der Waals surface area (Å²) < 4.78 is 35.2. The molecule has 3 amide bonds. The first-order valence-electron chi connectivity index (χ1n) is 14.1. The number of carbonyl (C=O) groups excluding carboxylic acids is 3. The van der Waals surface area contributed by atoms with Crippen LogP contribution in [0.4, 0.5) is 18.4 Å². The van der Waals surface area contributed by atoms with Crippen LogP contribution in [0, 0.1) is 11.6 Å². The minimum Gasteiger partial charge on any atom is -0.425 e. The van der Waals surface area contributed by atoms with Gasteiger partial charge in [-0.05, 0) is 48.4 Å². The number of aliphatic hydroxyl groups is 1. The molecular formula is C30H32F2N6O5S. The predicted molar refractivity (Wildman–Crippen MR) is 158 cm³/mol. The second-order valence-corrected chi connectivity index (χ2v) is 11.6. The van der Waals surface area contributed by atoms with Gasteiger partial charge in [-0.1, -0.05) is 37.3 Å². The normalized spacial score (nSPS) is 19.0. The van der Waals surface area contributed by atoms with Gasteiger partial charge in [0.25, 0.3) is 11.1 Å². The number of rotatable bonds is 9. The molecule has 0 saturated carbocycles. The molecule has 2 atom stereocenters. The summed E-state index contributed by atoms with van der Waals surface area (Å²) in [6, 6.07) is 10.7. The predicted octanol–water partition coefficient (Wildman–Crippen LogP) is 3.84. The van der Waals surface area contributed by atoms with Crippen molar-refractivity contribution >= 4 is 35.1 Å². The highest BCUT2D eigenvalue weighted by Crippen LogP contribution is 2.34. The number of thioether (sulfide) groups is 1. The first kappa shape index (κ1) is 31.3. The van der Waals surface area contributed by atoms with Crippen LogP contribution >= 0.6 is 11.8 Å². The number of halogens is 2. The van der Waals surface area contributed by atoms with E-state index in [0.29, 0.717) is 19.2 Å². The molecule has 11 nitrogen and oxygen atoms in total. The van der Waals surface area contributed by atoms with Gasteiger partial charge in [-0.3, -0.25) is 14.5 Å². The maximum absolute atomic E-state index is 14.8. The summed E-state index contributed by atoms with van der Waals surface area (Å²) in [6.45, 7) is 4.40. The Balaban J connectivity index is 1.18. The Bertz CT molecular complexity index is 1550. The largest absolute Gasteiger partial charge is 0.425 e. The number of benzene rings is 2. The van der Waals surface area contributed by atoms with Gasteiger partial charge in [0.2, 0.25) is 0 Å². The van der Waals surface area contributed by atoms with Gasteiger partial charge in [0.15, 0.2) is 6.23 Å². The number of β-amino-alcohol motifs (C(OH)–C–C–N with tert-alkyl or cyclic N) is 1. The van der Waals surface area contributed by atoms with Crippen molar-refractivity contribution in [2.45, 2.75) is 38.6 Å². The number of ether oxygens (including phenoxy) is 1. The van der Waals surface area contributed by atoms with E-state index in [0.717, 1.165) is 40.3 Å². The summed E-state index contributed by atoms with van der Waals surface area (Å²) in [5, 5.41) is 15.1. The fraction of sp³-hybridized carbons (Fsp3) is 0.367. The number of hydrogen-bond donors (Lipinski definition) is 1. The van der Waals surface area contributed by atoms with E-state index in [1.165, 1.54) is 35.2 Å². The van der Waals surface area contributed by atoms with Crippen LogP contribution in [0.15, 0.2) is 60.0 Å². The molecule has 0 spiro atoms. The first-order valence-corrected chi connectivity index (χ1v) is 14.9. The third-order valence-corrected chi connectivity index (χ3v) is 8.47. The Morgan fingerprint density at radius 2 is 1.84 bits per heavy atom. The summed E-state index contributed by atoms with van der Waals surface area (Å²) in [5.41, 5.74) is 0.0702. The molecule has 0 aliphatic carbocycles. The molecule has 3 aromatic rings. The molecule has 3 heterocycles. The molecule has 2 aliphatic heterocycles. The van der Waals surface area contributed by atoms with E-state index in [9.17, 15) is 28.3 Å². The first-order chi connectivity index (χ1) is 21.1. The molecule has 2 aliphatic rings. The van der Waals surface area contributed by atoms with Crippen molar-refractivity contribution < 1.29 is 33.0 Å². The van der Waals surface area contributed by atoms with Crippen LogP contribution in [0.1, 0.15) is 30.5 Å². The molecule has 0 radical (unpaired) electrons. The van der Waals surface area contributed by atoms with Gasteiger partial charge in [-0.15, -0.1) is 0 Å². The van der Waals surface area contributed by atoms with Crippen molar-refractivity contribution in [2.75, 3.05) is 32.7 Å². The highest BCUT2D eigenvalue weighted by Gasteiger charge is 2.41. The summed E-state index contributed by atoms with van der Waals surface area (Å²) >= 11 is 0.790. The second-order valence-electron chi connectivity index (χ2n) is 10.6. The number of carbonyl (C=O) groups is 3. The van der Waals surface area contributed by atoms with Crippen molar-refractivity contribution in [3.05, 3.63) is 88.3 Å². The van der Waals surface area contributed by atoms with Crippen molar-refractivity contribution in [3.8, 4) is 0 Å². The highest BCUT2D eigenvalue weighted by atomic mass is 32.2. The lowest BCUT2D eigenvalue weighted by atomic mass is 9.92. The van der Waals surface area contributed by atoms with Crippen LogP contribution in [0.25, 0.3) is 6.08 Å². The van der Waals surface area contributed by atoms with Crippen LogP contribution in [0.3, 0.4) is 0 Å². The van der Waals surface area contributed by atoms with Crippen molar-refractivity contribution in [1.29, 1.82) is 0 Å². The molecule has 2 fully saturated rings. The Labute approximate surface area is 257 Å². The third-order valence-electron chi connectivity index (χ3n) is 7.58. The maximum atomic E-state index is 14.8. The summed E-state index contributed by atoms with van der Waals surface area (Å²) in [5.74, 6) is -2.19. The Kier molecular flexibility index (Phi) is 9.42. The smallest absolute Gasteiger partial charge is 0.411 e. The molecule has 2 aromatic carbocycles. The van der Waals surface area contributed by atoms with Gasteiger partial charge in [-0.25, -0.2) is 28.1 Å². The fourth-order valence-electron chi connectivity index (χ4n) is 5.20. The van der Waals surface area contributed by atoms with E-state index in [4.69, 9.17) is 4.74 Å². The quantitative estimate of drug-likeness (QED) is 0.353. The van der Waals surface area contributed by atoms with E-state index in [2.05, 4.69) is 10.1 Å². The second kappa shape index (κ2) is 13.2. The summed E-state index contributed by atoms with van der Waals surface area (Å²) in [6.07, 6.45) is 3.37. The molecule has 232 valence electrons. The number of imide groups is 1. The fourth-order valence-corrected chi connectivity index (χ4v) is 6.09. The number of piperazine rings is 1. The van der Waals surface area contributed by atoms with E-state index in [1.54, 1.807) is 6.08 Å². The van der Waals surface area contributed by atoms with Crippen molar-refractivity contribution in [1.82, 2.24) is 29.5 Å². The molecule has 5 rings (SSSR count). The van der Waals surface area contributed by atoms with Gasteiger partial charge in [0.1, 0.15) is 29.9 Å². The van der Waals surface area contributed by atoms with E-state index in [1.807, 2.05) is 36.1 Å². The average Bonchev–Trinajstić information content (AvgIpc) is 3.59. The van der Waals surface area contributed by atoms with Gasteiger partial charge >= 0.3 is 6.09 Å². The number of aromatic nitrogens is 3. The highest BCUT2D eigenvalue weighted by molar-refractivity contribution is 8.18. The zero-order valence-corrected chi connectivity index (χ0v) is 25.0. The molecule has 1 aromatic heterocycles. The average molecular weight is 627 g/mol. The number of nitrogens with zero attached hydrogens (tertiary/aromatic N) is 6. The molecule has 0 bridgehead atoms. The number of amides is 3.